The Balaban J connectivity index is 2.04. The van der Waals surface area contributed by atoms with Gasteiger partial charge in [0.1, 0.15) is 21.9 Å². The summed E-state index contributed by atoms with van der Waals surface area (Å²) in [6, 6.07) is 0. The first-order chi connectivity index (χ1) is 10.0. The minimum Gasteiger partial charge on any atom is -0.477 e. The van der Waals surface area contributed by atoms with E-state index in [0.717, 1.165) is 24.8 Å². The lowest BCUT2D eigenvalue weighted by Crippen LogP contribution is -2.43. The summed E-state index contributed by atoms with van der Waals surface area (Å²) in [5, 5.41) is 13.5. The number of nitrogens with zero attached hydrogens (tertiary/aromatic N) is 2. The molecular formula is C14H17N3O3S. The van der Waals surface area contributed by atoms with Crippen LogP contribution in [0.15, 0.2) is 6.33 Å². The zero-order valence-corrected chi connectivity index (χ0v) is 12.8. The van der Waals surface area contributed by atoms with Gasteiger partial charge in [0.2, 0.25) is 0 Å². The molecule has 1 aliphatic heterocycles. The van der Waals surface area contributed by atoms with Gasteiger partial charge in [0.15, 0.2) is 0 Å². The van der Waals surface area contributed by atoms with Crippen LogP contribution in [0.5, 0.6) is 0 Å². The van der Waals surface area contributed by atoms with E-state index in [1.807, 2.05) is 0 Å². The number of hydrogen-bond acceptors (Lipinski definition) is 6. The molecule has 1 unspecified atom stereocenters. The summed E-state index contributed by atoms with van der Waals surface area (Å²) in [4.78, 5) is 20.8. The standard InChI is InChI=1S/C14H17N3O3S/c1-8-9-11(17-14(2)4-3-5-20-6-14)15-7-16-12(9)21-10(8)13(18)19/h7H,3-6H2,1-2H3,(H,18,19)(H,15,16,17). The highest BCUT2D eigenvalue weighted by Crippen LogP contribution is 2.35. The van der Waals surface area contributed by atoms with Crippen molar-refractivity contribution in [1.82, 2.24) is 9.97 Å². The molecule has 0 radical (unpaired) electrons. The molecule has 1 atom stereocenters. The topological polar surface area (TPSA) is 84.3 Å². The first-order valence-electron chi connectivity index (χ1n) is 6.83. The van der Waals surface area contributed by atoms with Crippen LogP contribution < -0.4 is 5.32 Å². The third kappa shape index (κ3) is 2.58. The number of aromatic nitrogens is 2. The van der Waals surface area contributed by atoms with Gasteiger partial charge in [-0.05, 0) is 32.3 Å². The van der Waals surface area contributed by atoms with E-state index in [0.29, 0.717) is 27.7 Å². The second-order valence-electron chi connectivity index (χ2n) is 5.61. The predicted octanol–water partition coefficient (Wildman–Crippen LogP) is 2.68. The average Bonchev–Trinajstić information content (AvgIpc) is 2.78. The van der Waals surface area contributed by atoms with Crippen molar-refractivity contribution >= 4 is 33.3 Å². The quantitative estimate of drug-likeness (QED) is 0.907. The lowest BCUT2D eigenvalue weighted by atomic mass is 9.94. The molecule has 3 rings (SSSR count). The summed E-state index contributed by atoms with van der Waals surface area (Å²) in [5.41, 5.74) is 0.531. The summed E-state index contributed by atoms with van der Waals surface area (Å²) in [6.07, 6.45) is 3.47. The van der Waals surface area contributed by atoms with E-state index in [4.69, 9.17) is 4.74 Å². The highest BCUT2D eigenvalue weighted by Gasteiger charge is 2.29. The Labute approximate surface area is 126 Å². The fraction of sp³-hybridized carbons (Fsp3) is 0.500. The number of aromatic carboxylic acids is 1. The molecule has 0 aromatic carbocycles. The van der Waals surface area contributed by atoms with Crippen LogP contribution in [-0.4, -0.2) is 39.8 Å². The zero-order valence-electron chi connectivity index (χ0n) is 12.0. The number of carboxylic acids is 1. The maximum atomic E-state index is 11.3. The summed E-state index contributed by atoms with van der Waals surface area (Å²) >= 11 is 1.19. The predicted molar refractivity (Wildman–Crippen MR) is 81.2 cm³/mol. The third-order valence-corrected chi connectivity index (χ3v) is 4.97. The van der Waals surface area contributed by atoms with Gasteiger partial charge >= 0.3 is 5.97 Å². The van der Waals surface area contributed by atoms with Gasteiger partial charge in [-0.1, -0.05) is 0 Å². The number of hydrogen-bond donors (Lipinski definition) is 2. The Morgan fingerprint density at radius 3 is 3.00 bits per heavy atom. The van der Waals surface area contributed by atoms with Crippen LogP contribution >= 0.6 is 11.3 Å². The van der Waals surface area contributed by atoms with Gasteiger partial charge in [0.25, 0.3) is 0 Å². The van der Waals surface area contributed by atoms with Crippen LogP contribution in [0.4, 0.5) is 5.82 Å². The van der Waals surface area contributed by atoms with E-state index in [-0.39, 0.29) is 5.54 Å². The Morgan fingerprint density at radius 2 is 2.33 bits per heavy atom. The Hall–Kier alpha value is -1.73. The van der Waals surface area contributed by atoms with E-state index >= 15 is 0 Å². The molecule has 1 fully saturated rings. The number of thiophene rings is 1. The zero-order chi connectivity index (χ0) is 15.0. The van der Waals surface area contributed by atoms with Gasteiger partial charge in [-0.2, -0.15) is 0 Å². The second kappa shape index (κ2) is 5.23. The molecule has 2 aromatic heterocycles. The van der Waals surface area contributed by atoms with Gasteiger partial charge in [-0.3, -0.25) is 0 Å². The maximum Gasteiger partial charge on any atom is 0.346 e. The highest BCUT2D eigenvalue weighted by molar-refractivity contribution is 7.20. The maximum absolute atomic E-state index is 11.3. The first kappa shape index (κ1) is 14.2. The number of carboxylic acid groups (broad SMARTS) is 1. The van der Waals surface area contributed by atoms with Gasteiger partial charge in [-0.25, -0.2) is 14.8 Å². The molecule has 2 aromatic rings. The molecule has 6 nitrogen and oxygen atoms in total. The van der Waals surface area contributed by atoms with E-state index in [2.05, 4.69) is 22.2 Å². The third-order valence-electron chi connectivity index (χ3n) is 3.78. The molecule has 3 heterocycles. The molecule has 21 heavy (non-hydrogen) atoms. The highest BCUT2D eigenvalue weighted by atomic mass is 32.1. The van der Waals surface area contributed by atoms with Crippen LogP contribution in [0.25, 0.3) is 10.2 Å². The Bertz CT molecular complexity index is 692. The molecule has 112 valence electrons. The van der Waals surface area contributed by atoms with E-state index in [1.54, 1.807) is 6.92 Å². The van der Waals surface area contributed by atoms with Crippen molar-refractivity contribution in [2.75, 3.05) is 18.5 Å². The Kier molecular flexibility index (Phi) is 3.54. The van der Waals surface area contributed by atoms with Crippen molar-refractivity contribution in [1.29, 1.82) is 0 Å². The molecule has 0 bridgehead atoms. The van der Waals surface area contributed by atoms with Crippen LogP contribution in [0.3, 0.4) is 0 Å². The van der Waals surface area contributed by atoms with Gasteiger partial charge in [0.05, 0.1) is 17.5 Å². The lowest BCUT2D eigenvalue weighted by molar-refractivity contribution is 0.0539. The Morgan fingerprint density at radius 1 is 1.52 bits per heavy atom. The largest absolute Gasteiger partial charge is 0.477 e. The van der Waals surface area contributed by atoms with Crippen LogP contribution in [0.1, 0.15) is 35.0 Å². The minimum atomic E-state index is -0.923. The molecule has 1 aliphatic rings. The van der Waals surface area contributed by atoms with Crippen molar-refractivity contribution < 1.29 is 14.6 Å². The summed E-state index contributed by atoms with van der Waals surface area (Å²) < 4.78 is 5.55. The number of anilines is 1. The van der Waals surface area contributed by atoms with E-state index in [1.165, 1.54) is 17.7 Å². The monoisotopic (exact) mass is 307 g/mol. The second-order valence-corrected chi connectivity index (χ2v) is 6.60. The summed E-state index contributed by atoms with van der Waals surface area (Å²) in [6.45, 7) is 5.31. The molecule has 0 aliphatic carbocycles. The smallest absolute Gasteiger partial charge is 0.346 e. The van der Waals surface area contributed by atoms with Crippen molar-refractivity contribution in [3.05, 3.63) is 16.8 Å². The van der Waals surface area contributed by atoms with Crippen LogP contribution in [0.2, 0.25) is 0 Å². The lowest BCUT2D eigenvalue weighted by Gasteiger charge is -2.34. The molecular weight excluding hydrogens is 290 g/mol. The van der Waals surface area contributed by atoms with Crippen LogP contribution in [0, 0.1) is 6.92 Å². The normalized spacial score (nSPS) is 22.4. The fourth-order valence-electron chi connectivity index (χ4n) is 2.69. The number of fused-ring (bicyclic) bond motifs is 1. The van der Waals surface area contributed by atoms with Crippen molar-refractivity contribution in [2.24, 2.45) is 0 Å². The van der Waals surface area contributed by atoms with E-state index < -0.39 is 5.97 Å². The van der Waals surface area contributed by atoms with Crippen molar-refractivity contribution in [2.45, 2.75) is 32.2 Å². The molecule has 0 spiro atoms. The van der Waals surface area contributed by atoms with Crippen molar-refractivity contribution in [3.8, 4) is 0 Å². The van der Waals surface area contributed by atoms with E-state index in [9.17, 15) is 9.90 Å². The molecule has 0 saturated carbocycles. The number of rotatable bonds is 3. The summed E-state index contributed by atoms with van der Waals surface area (Å²) in [7, 11) is 0. The molecule has 7 heteroatoms. The number of aryl methyl sites for hydroxylation is 1. The number of nitrogens with one attached hydrogen (secondary N) is 1. The van der Waals surface area contributed by atoms with Crippen molar-refractivity contribution in [3.63, 3.8) is 0 Å². The van der Waals surface area contributed by atoms with Gasteiger partial charge < -0.3 is 15.2 Å². The average molecular weight is 307 g/mol. The first-order valence-corrected chi connectivity index (χ1v) is 7.65. The molecule has 2 N–H and O–H groups in total. The number of carbonyl (C=O) groups is 1. The molecule has 0 amide bonds. The fourth-order valence-corrected chi connectivity index (χ4v) is 3.68. The SMILES string of the molecule is Cc1c(C(=O)O)sc2ncnc(NC3(C)CCCOC3)c12. The molecule has 1 saturated heterocycles. The van der Waals surface area contributed by atoms with Gasteiger partial charge in [0, 0.05) is 6.61 Å². The van der Waals surface area contributed by atoms with Crippen LogP contribution in [-0.2, 0) is 4.74 Å². The number of ether oxygens (including phenoxy) is 1. The minimum absolute atomic E-state index is 0.183. The van der Waals surface area contributed by atoms with Gasteiger partial charge in [-0.15, -0.1) is 11.3 Å². The summed E-state index contributed by atoms with van der Waals surface area (Å²) in [5.74, 6) is -0.233.